The smallest absolute Gasteiger partial charge is 0.122 e. The highest BCUT2D eigenvalue weighted by atomic mass is 35.5. The van der Waals surface area contributed by atoms with Gasteiger partial charge in [-0.2, -0.15) is 0 Å². The van der Waals surface area contributed by atoms with E-state index in [-0.39, 0.29) is 5.84 Å². The van der Waals surface area contributed by atoms with Gasteiger partial charge in [-0.25, -0.2) is 0 Å². The SMILES string of the molecule is N=C(N)c1ccc(N2CCCC2)c(Cl)c1. The van der Waals surface area contributed by atoms with E-state index in [4.69, 9.17) is 22.7 Å². The molecule has 4 heteroatoms. The van der Waals surface area contributed by atoms with E-state index >= 15 is 0 Å². The lowest BCUT2D eigenvalue weighted by Crippen LogP contribution is -2.18. The Morgan fingerprint density at radius 1 is 1.33 bits per heavy atom. The number of amidine groups is 1. The van der Waals surface area contributed by atoms with Crippen molar-refractivity contribution in [3.8, 4) is 0 Å². The number of hydrogen-bond donors (Lipinski definition) is 2. The van der Waals surface area contributed by atoms with Crippen LogP contribution in [0.2, 0.25) is 5.02 Å². The van der Waals surface area contributed by atoms with E-state index in [0.29, 0.717) is 10.6 Å². The Hall–Kier alpha value is -1.22. The molecule has 0 spiro atoms. The third-order valence-corrected chi connectivity index (χ3v) is 3.01. The largest absolute Gasteiger partial charge is 0.384 e. The van der Waals surface area contributed by atoms with Crippen LogP contribution in [0.25, 0.3) is 0 Å². The molecule has 1 aliphatic heterocycles. The summed E-state index contributed by atoms with van der Waals surface area (Å²) in [5.74, 6) is 0.0601. The minimum absolute atomic E-state index is 0.0601. The van der Waals surface area contributed by atoms with Crippen molar-refractivity contribution in [2.45, 2.75) is 12.8 Å². The van der Waals surface area contributed by atoms with E-state index in [1.807, 2.05) is 12.1 Å². The lowest BCUT2D eigenvalue weighted by atomic mass is 10.2. The summed E-state index contributed by atoms with van der Waals surface area (Å²) >= 11 is 6.16. The zero-order valence-electron chi connectivity index (χ0n) is 8.46. The third kappa shape index (κ3) is 2.07. The van der Waals surface area contributed by atoms with Crippen LogP contribution in [0.1, 0.15) is 18.4 Å². The summed E-state index contributed by atoms with van der Waals surface area (Å²) in [4.78, 5) is 2.27. The van der Waals surface area contributed by atoms with Gasteiger partial charge in [-0.3, -0.25) is 5.41 Å². The zero-order chi connectivity index (χ0) is 10.8. The Morgan fingerprint density at radius 3 is 2.53 bits per heavy atom. The second-order valence-electron chi connectivity index (χ2n) is 3.77. The molecule has 80 valence electrons. The van der Waals surface area contributed by atoms with E-state index < -0.39 is 0 Å². The maximum atomic E-state index is 7.32. The summed E-state index contributed by atoms with van der Waals surface area (Å²) in [6.07, 6.45) is 2.45. The molecule has 3 N–H and O–H groups in total. The first-order valence-corrected chi connectivity index (χ1v) is 5.45. The van der Waals surface area contributed by atoms with Crippen molar-refractivity contribution in [2.75, 3.05) is 18.0 Å². The molecule has 0 saturated carbocycles. The second kappa shape index (κ2) is 4.11. The fourth-order valence-electron chi connectivity index (χ4n) is 1.89. The predicted octanol–water partition coefficient (Wildman–Crippen LogP) is 2.22. The first-order chi connectivity index (χ1) is 7.18. The van der Waals surface area contributed by atoms with Gasteiger partial charge in [0.25, 0.3) is 0 Å². The monoisotopic (exact) mass is 223 g/mol. The standard InChI is InChI=1S/C11H14ClN3/c12-9-7-8(11(13)14)3-4-10(9)15-5-1-2-6-15/h3-4,7H,1-2,5-6H2,(H3,13,14). The van der Waals surface area contributed by atoms with E-state index in [2.05, 4.69) is 4.90 Å². The first-order valence-electron chi connectivity index (χ1n) is 5.07. The van der Waals surface area contributed by atoms with E-state index in [0.717, 1.165) is 18.8 Å². The number of nitrogen functional groups attached to an aromatic ring is 1. The maximum absolute atomic E-state index is 7.32. The zero-order valence-corrected chi connectivity index (χ0v) is 9.22. The van der Waals surface area contributed by atoms with Crippen molar-refractivity contribution >= 4 is 23.1 Å². The number of hydrogen-bond acceptors (Lipinski definition) is 2. The van der Waals surface area contributed by atoms with Crippen LogP contribution in [0.3, 0.4) is 0 Å². The number of anilines is 1. The fourth-order valence-corrected chi connectivity index (χ4v) is 2.19. The quantitative estimate of drug-likeness (QED) is 0.597. The van der Waals surface area contributed by atoms with E-state index in [1.54, 1.807) is 6.07 Å². The Bertz CT molecular complexity index is 383. The van der Waals surface area contributed by atoms with Crippen LogP contribution in [0.5, 0.6) is 0 Å². The molecule has 0 aliphatic carbocycles. The van der Waals surface area contributed by atoms with Gasteiger partial charge in [-0.05, 0) is 31.0 Å². The Morgan fingerprint density at radius 2 is 2.00 bits per heavy atom. The van der Waals surface area contributed by atoms with Crippen LogP contribution in [0, 0.1) is 5.41 Å². The summed E-state index contributed by atoms with van der Waals surface area (Å²) in [6, 6.07) is 5.56. The normalized spacial score (nSPS) is 15.7. The molecule has 1 fully saturated rings. The summed E-state index contributed by atoms with van der Waals surface area (Å²) in [7, 11) is 0. The molecule has 1 aromatic carbocycles. The first kappa shape index (κ1) is 10.3. The Balaban J connectivity index is 2.29. The molecule has 1 aromatic rings. The lowest BCUT2D eigenvalue weighted by molar-refractivity contribution is 0.949. The van der Waals surface area contributed by atoms with Crippen molar-refractivity contribution in [1.29, 1.82) is 5.41 Å². The highest BCUT2D eigenvalue weighted by Crippen LogP contribution is 2.29. The summed E-state index contributed by atoms with van der Waals surface area (Å²) in [5.41, 5.74) is 7.14. The van der Waals surface area contributed by atoms with Crippen molar-refractivity contribution in [3.63, 3.8) is 0 Å². The van der Waals surface area contributed by atoms with Crippen LogP contribution in [0.15, 0.2) is 18.2 Å². The topological polar surface area (TPSA) is 53.1 Å². The van der Waals surface area contributed by atoms with Crippen LogP contribution in [-0.2, 0) is 0 Å². The van der Waals surface area contributed by atoms with Crippen LogP contribution >= 0.6 is 11.6 Å². The second-order valence-corrected chi connectivity index (χ2v) is 4.18. The van der Waals surface area contributed by atoms with Gasteiger partial charge in [0.2, 0.25) is 0 Å². The molecule has 0 atom stereocenters. The molecule has 1 aliphatic rings. The predicted molar refractivity (Wildman–Crippen MR) is 63.9 cm³/mol. The van der Waals surface area contributed by atoms with Crippen LogP contribution in [0.4, 0.5) is 5.69 Å². The minimum Gasteiger partial charge on any atom is -0.384 e. The molecule has 0 radical (unpaired) electrons. The summed E-state index contributed by atoms with van der Waals surface area (Å²) < 4.78 is 0. The van der Waals surface area contributed by atoms with Gasteiger partial charge in [0, 0.05) is 18.7 Å². The highest BCUT2D eigenvalue weighted by molar-refractivity contribution is 6.33. The molecule has 0 amide bonds. The fraction of sp³-hybridized carbons (Fsp3) is 0.364. The maximum Gasteiger partial charge on any atom is 0.122 e. The number of halogens is 1. The van der Waals surface area contributed by atoms with Gasteiger partial charge in [0.15, 0.2) is 0 Å². The highest BCUT2D eigenvalue weighted by Gasteiger charge is 2.15. The average Bonchev–Trinajstić information content (AvgIpc) is 2.70. The molecule has 1 saturated heterocycles. The van der Waals surface area contributed by atoms with Crippen molar-refractivity contribution in [1.82, 2.24) is 0 Å². The van der Waals surface area contributed by atoms with Crippen molar-refractivity contribution in [3.05, 3.63) is 28.8 Å². The van der Waals surface area contributed by atoms with Crippen molar-refractivity contribution < 1.29 is 0 Å². The van der Waals surface area contributed by atoms with Crippen molar-refractivity contribution in [2.24, 2.45) is 5.73 Å². The van der Waals surface area contributed by atoms with E-state index in [1.165, 1.54) is 12.8 Å². The molecular formula is C11H14ClN3. The van der Waals surface area contributed by atoms with E-state index in [9.17, 15) is 0 Å². The molecule has 0 bridgehead atoms. The summed E-state index contributed by atoms with van der Waals surface area (Å²) in [5, 5.41) is 8.00. The number of nitrogens with zero attached hydrogens (tertiary/aromatic N) is 1. The number of rotatable bonds is 2. The van der Waals surface area contributed by atoms with Gasteiger partial charge in [0.05, 0.1) is 10.7 Å². The van der Waals surface area contributed by atoms with Gasteiger partial charge < -0.3 is 10.6 Å². The van der Waals surface area contributed by atoms with Gasteiger partial charge in [-0.1, -0.05) is 11.6 Å². The molecule has 0 unspecified atom stereocenters. The molecule has 2 rings (SSSR count). The summed E-state index contributed by atoms with van der Waals surface area (Å²) in [6.45, 7) is 2.14. The van der Waals surface area contributed by atoms with Gasteiger partial charge in [-0.15, -0.1) is 0 Å². The molecule has 15 heavy (non-hydrogen) atoms. The average molecular weight is 224 g/mol. The Kier molecular flexibility index (Phi) is 2.82. The third-order valence-electron chi connectivity index (χ3n) is 2.71. The molecule has 3 nitrogen and oxygen atoms in total. The van der Waals surface area contributed by atoms with Crippen LogP contribution in [-0.4, -0.2) is 18.9 Å². The number of benzene rings is 1. The molecule has 0 aromatic heterocycles. The molecular weight excluding hydrogens is 210 g/mol. The lowest BCUT2D eigenvalue weighted by Gasteiger charge is -2.19. The van der Waals surface area contributed by atoms with Gasteiger partial charge in [0.1, 0.15) is 5.84 Å². The van der Waals surface area contributed by atoms with Gasteiger partial charge >= 0.3 is 0 Å². The molecule has 1 heterocycles. The Labute approximate surface area is 94.3 Å². The number of nitrogens with two attached hydrogens (primary N) is 1. The number of nitrogens with one attached hydrogen (secondary N) is 1. The minimum atomic E-state index is 0.0601. The van der Waals surface area contributed by atoms with Crippen LogP contribution < -0.4 is 10.6 Å².